The smallest absolute Gasteiger partial charge is 0.416 e. The Morgan fingerprint density at radius 1 is 1.27 bits per heavy atom. The number of rotatable bonds is 6. The van der Waals surface area contributed by atoms with Crippen molar-refractivity contribution in [3.05, 3.63) is 64.2 Å². The molecular weight excluding hydrogens is 439 g/mol. The van der Waals surface area contributed by atoms with Crippen molar-refractivity contribution in [2.75, 3.05) is 6.61 Å². The quantitative estimate of drug-likeness (QED) is 0.496. The Morgan fingerprint density at radius 2 is 2.03 bits per heavy atom. The molecule has 1 N–H and O–H groups in total. The monoisotopic (exact) mass is 455 g/mol. The average molecular weight is 456 g/mol. The van der Waals surface area contributed by atoms with Gasteiger partial charge < -0.3 is 10.1 Å². The third-order valence-corrected chi connectivity index (χ3v) is 5.56. The number of nitrogens with one attached hydrogen (secondary N) is 1. The lowest BCUT2D eigenvalue weighted by Crippen LogP contribution is -2.26. The predicted octanol–water partition coefficient (Wildman–Crippen LogP) is 4.92. The third-order valence-electron chi connectivity index (χ3n) is 4.12. The van der Waals surface area contributed by atoms with Gasteiger partial charge in [-0.05, 0) is 49.2 Å². The van der Waals surface area contributed by atoms with Gasteiger partial charge >= 0.3 is 6.18 Å². The highest BCUT2D eigenvalue weighted by atomic mass is 35.5. The van der Waals surface area contributed by atoms with E-state index in [0.717, 1.165) is 29.5 Å². The van der Waals surface area contributed by atoms with Crippen molar-refractivity contribution >= 4 is 40.7 Å². The number of para-hydroxylation sites is 1. The molecule has 0 saturated carbocycles. The molecule has 1 saturated heterocycles. The van der Waals surface area contributed by atoms with Gasteiger partial charge in [0.2, 0.25) is 5.91 Å². The summed E-state index contributed by atoms with van der Waals surface area (Å²) in [6.45, 7) is 2.38. The maximum atomic E-state index is 12.9. The van der Waals surface area contributed by atoms with E-state index < -0.39 is 17.0 Å². The Labute approximate surface area is 180 Å². The van der Waals surface area contributed by atoms with Crippen LogP contribution in [0.25, 0.3) is 0 Å². The van der Waals surface area contributed by atoms with E-state index in [2.05, 4.69) is 15.5 Å². The summed E-state index contributed by atoms with van der Waals surface area (Å²) < 4.78 is 44.3. The molecule has 2 aromatic carbocycles. The minimum Gasteiger partial charge on any atom is -0.493 e. The molecule has 0 bridgehead atoms. The Balaban J connectivity index is 1.70. The second-order valence-electron chi connectivity index (χ2n) is 6.22. The molecule has 30 heavy (non-hydrogen) atoms. The minimum atomic E-state index is -4.48. The Morgan fingerprint density at radius 3 is 2.77 bits per heavy atom. The highest BCUT2D eigenvalue weighted by Crippen LogP contribution is 2.33. The van der Waals surface area contributed by atoms with Gasteiger partial charge in [-0.25, -0.2) is 0 Å². The van der Waals surface area contributed by atoms with Gasteiger partial charge in [-0.15, -0.1) is 5.10 Å². The van der Waals surface area contributed by atoms with Gasteiger partial charge in [-0.3, -0.25) is 4.79 Å². The van der Waals surface area contributed by atoms with Crippen LogP contribution in [0.2, 0.25) is 5.02 Å². The fourth-order valence-electron chi connectivity index (χ4n) is 2.71. The van der Waals surface area contributed by atoms with Crippen LogP contribution >= 0.6 is 23.4 Å². The van der Waals surface area contributed by atoms with Crippen LogP contribution in [-0.2, 0) is 17.4 Å². The minimum absolute atomic E-state index is 0.0369. The van der Waals surface area contributed by atoms with Gasteiger partial charge in [0, 0.05) is 10.6 Å². The average Bonchev–Trinajstić information content (AvgIpc) is 3.03. The summed E-state index contributed by atoms with van der Waals surface area (Å²) >= 11 is 7.12. The molecule has 0 spiro atoms. The molecule has 158 valence electrons. The first kappa shape index (κ1) is 22.2. The molecule has 2 aromatic rings. The molecule has 1 amide bonds. The van der Waals surface area contributed by atoms with Gasteiger partial charge in [-0.2, -0.15) is 18.3 Å². The molecule has 0 aromatic heterocycles. The summed E-state index contributed by atoms with van der Waals surface area (Å²) in [4.78, 5) is 12.2. The molecule has 5 nitrogen and oxygen atoms in total. The first-order valence-corrected chi connectivity index (χ1v) is 10.2. The normalized spacial score (nSPS) is 18.2. The van der Waals surface area contributed by atoms with Gasteiger partial charge in [0.1, 0.15) is 5.75 Å². The maximum Gasteiger partial charge on any atom is 0.416 e. The lowest BCUT2D eigenvalue weighted by atomic mass is 10.1. The van der Waals surface area contributed by atoms with Crippen LogP contribution in [0.3, 0.4) is 0 Å². The number of hydrogen-bond acceptors (Lipinski definition) is 5. The summed E-state index contributed by atoms with van der Waals surface area (Å²) in [6, 6.07) is 10.4. The van der Waals surface area contributed by atoms with E-state index in [4.69, 9.17) is 16.3 Å². The largest absolute Gasteiger partial charge is 0.493 e. The van der Waals surface area contributed by atoms with Crippen molar-refractivity contribution in [2.24, 2.45) is 10.2 Å². The van der Waals surface area contributed by atoms with E-state index in [1.54, 1.807) is 6.07 Å². The Hall–Kier alpha value is -2.52. The van der Waals surface area contributed by atoms with Crippen molar-refractivity contribution in [1.29, 1.82) is 0 Å². The lowest BCUT2D eigenvalue weighted by molar-refractivity contribution is -0.137. The fraction of sp³-hybridized carbons (Fsp3) is 0.250. The molecule has 1 unspecified atom stereocenters. The number of nitrogens with zero attached hydrogens (tertiary/aromatic N) is 2. The molecule has 10 heteroatoms. The highest BCUT2D eigenvalue weighted by molar-refractivity contribution is 8.15. The van der Waals surface area contributed by atoms with Gasteiger partial charge in [0.15, 0.2) is 5.17 Å². The molecule has 1 aliphatic heterocycles. The summed E-state index contributed by atoms with van der Waals surface area (Å²) in [5.74, 6) is 0.293. The zero-order chi connectivity index (χ0) is 21.7. The molecule has 1 aliphatic rings. The lowest BCUT2D eigenvalue weighted by Gasteiger charge is -2.12. The fourth-order valence-corrected chi connectivity index (χ4v) is 3.86. The first-order valence-electron chi connectivity index (χ1n) is 8.94. The number of halogens is 4. The van der Waals surface area contributed by atoms with Crippen LogP contribution in [0.5, 0.6) is 5.75 Å². The van der Waals surface area contributed by atoms with Crippen LogP contribution in [-0.4, -0.2) is 29.1 Å². The van der Waals surface area contributed by atoms with Crippen LogP contribution in [0, 0.1) is 0 Å². The molecule has 0 aliphatic carbocycles. The topological polar surface area (TPSA) is 63.1 Å². The summed E-state index contributed by atoms with van der Waals surface area (Å²) in [5, 5.41) is 10.3. The van der Waals surface area contributed by atoms with Gasteiger partial charge in [0.25, 0.3) is 0 Å². The predicted molar refractivity (Wildman–Crippen MR) is 112 cm³/mol. The number of alkyl halides is 3. The number of carbonyl (C=O) groups excluding carboxylic acids is 1. The molecule has 1 atom stereocenters. The van der Waals surface area contributed by atoms with Crippen molar-refractivity contribution in [1.82, 2.24) is 5.32 Å². The van der Waals surface area contributed by atoms with Crippen LogP contribution in [0.15, 0.2) is 52.7 Å². The summed E-state index contributed by atoms with van der Waals surface area (Å²) in [6.07, 6.45) is -2.94. The number of ether oxygens (including phenoxy) is 1. The molecular formula is C20H17ClF3N3O2S. The SMILES string of the molecule is CCOc1ccccc1/C=N/N=C1\NC(=O)C(Cc2cc(C(F)(F)F)ccc2Cl)S1. The van der Waals surface area contributed by atoms with Crippen LogP contribution in [0.1, 0.15) is 23.6 Å². The van der Waals surface area contributed by atoms with Crippen molar-refractivity contribution in [3.63, 3.8) is 0 Å². The molecule has 1 heterocycles. The second kappa shape index (κ2) is 9.53. The van der Waals surface area contributed by atoms with E-state index in [0.29, 0.717) is 12.4 Å². The summed E-state index contributed by atoms with van der Waals surface area (Å²) in [5.41, 5.74) is 0.164. The van der Waals surface area contributed by atoms with Gasteiger partial charge in [-0.1, -0.05) is 35.5 Å². The van der Waals surface area contributed by atoms with E-state index in [-0.39, 0.29) is 28.1 Å². The van der Waals surface area contributed by atoms with E-state index >= 15 is 0 Å². The number of amides is 1. The van der Waals surface area contributed by atoms with Crippen molar-refractivity contribution in [3.8, 4) is 5.75 Å². The third kappa shape index (κ3) is 5.54. The van der Waals surface area contributed by atoms with Crippen molar-refractivity contribution in [2.45, 2.75) is 24.8 Å². The number of benzene rings is 2. The standard InChI is InChI=1S/C20H17ClF3N3O2S/c1-2-29-16-6-4-3-5-12(16)11-25-27-19-26-18(28)17(30-19)10-13-9-14(20(22,23)24)7-8-15(13)21/h3-9,11,17H,2,10H2,1H3,(H,26,27,28)/b25-11+. The van der Waals surface area contributed by atoms with Crippen LogP contribution < -0.4 is 10.1 Å². The van der Waals surface area contributed by atoms with Gasteiger partial charge in [0.05, 0.1) is 23.6 Å². The number of carbonyl (C=O) groups is 1. The highest BCUT2D eigenvalue weighted by Gasteiger charge is 2.34. The number of amidine groups is 1. The van der Waals surface area contributed by atoms with E-state index in [1.165, 1.54) is 12.3 Å². The van der Waals surface area contributed by atoms with Crippen LogP contribution in [0.4, 0.5) is 13.2 Å². The Bertz CT molecular complexity index is 996. The maximum absolute atomic E-state index is 12.9. The Kier molecular flexibility index (Phi) is 7.04. The zero-order valence-corrected chi connectivity index (χ0v) is 17.3. The molecule has 0 radical (unpaired) electrons. The molecule has 3 rings (SSSR count). The molecule has 1 fully saturated rings. The first-order chi connectivity index (χ1) is 14.3. The zero-order valence-electron chi connectivity index (χ0n) is 15.7. The van der Waals surface area contributed by atoms with E-state index in [1.807, 2.05) is 25.1 Å². The van der Waals surface area contributed by atoms with E-state index in [9.17, 15) is 18.0 Å². The summed E-state index contributed by atoms with van der Waals surface area (Å²) in [7, 11) is 0. The number of hydrogen-bond donors (Lipinski definition) is 1. The number of thioether (sulfide) groups is 1. The second-order valence-corrected chi connectivity index (χ2v) is 7.82. The van der Waals surface area contributed by atoms with Crippen molar-refractivity contribution < 1.29 is 22.7 Å².